The number of nitrogens with zero attached hydrogens (tertiary/aromatic N) is 1. The summed E-state index contributed by atoms with van der Waals surface area (Å²) in [6, 6.07) is 16.4. The standard InChI is InChI=1S/C24H30N2O3/c1-17(25-18(2)27)20-5-9-23(10-6-20)29-24-13-14-26(15-24)21-7-11-22(12-8-21)28-16-19-3-4-19/h5-12,17,19,24H,3-4,13-16H2,1-2H3,(H,25,27)/t17-,24-/m0/s1. The lowest BCUT2D eigenvalue weighted by molar-refractivity contribution is -0.119. The minimum atomic E-state index is -0.0219. The second kappa shape index (κ2) is 8.76. The smallest absolute Gasteiger partial charge is 0.217 e. The van der Waals surface area contributed by atoms with E-state index in [1.807, 2.05) is 31.2 Å². The summed E-state index contributed by atoms with van der Waals surface area (Å²) in [4.78, 5) is 13.6. The molecule has 1 N–H and O–H groups in total. The monoisotopic (exact) mass is 394 g/mol. The molecular weight excluding hydrogens is 364 g/mol. The van der Waals surface area contributed by atoms with Gasteiger partial charge in [-0.15, -0.1) is 0 Å². The first-order chi connectivity index (χ1) is 14.1. The van der Waals surface area contributed by atoms with Crippen LogP contribution in [0.15, 0.2) is 48.5 Å². The Morgan fingerprint density at radius 2 is 1.76 bits per heavy atom. The first-order valence-electron chi connectivity index (χ1n) is 10.6. The number of hydrogen-bond donors (Lipinski definition) is 1. The Morgan fingerprint density at radius 1 is 1.07 bits per heavy atom. The van der Waals surface area contributed by atoms with Crippen molar-refractivity contribution in [1.29, 1.82) is 0 Å². The van der Waals surface area contributed by atoms with Crippen molar-refractivity contribution in [2.75, 3.05) is 24.6 Å². The number of rotatable bonds is 8. The molecule has 154 valence electrons. The van der Waals surface area contributed by atoms with Gasteiger partial charge in [0, 0.05) is 25.6 Å². The second-order valence-electron chi connectivity index (χ2n) is 8.21. The number of carbonyl (C=O) groups excluding carboxylic acids is 1. The van der Waals surface area contributed by atoms with Gasteiger partial charge in [0.15, 0.2) is 0 Å². The summed E-state index contributed by atoms with van der Waals surface area (Å²) in [5.41, 5.74) is 2.29. The van der Waals surface area contributed by atoms with Crippen molar-refractivity contribution in [1.82, 2.24) is 5.32 Å². The Balaban J connectivity index is 1.27. The van der Waals surface area contributed by atoms with Gasteiger partial charge >= 0.3 is 0 Å². The molecule has 5 nitrogen and oxygen atoms in total. The maximum absolute atomic E-state index is 11.2. The predicted octanol–water partition coefficient (Wildman–Crippen LogP) is 4.33. The van der Waals surface area contributed by atoms with Crippen LogP contribution in [-0.4, -0.2) is 31.7 Å². The van der Waals surface area contributed by atoms with Gasteiger partial charge in [-0.25, -0.2) is 0 Å². The van der Waals surface area contributed by atoms with E-state index in [0.717, 1.165) is 49.1 Å². The van der Waals surface area contributed by atoms with Crippen LogP contribution in [-0.2, 0) is 4.79 Å². The zero-order valence-corrected chi connectivity index (χ0v) is 17.3. The highest BCUT2D eigenvalue weighted by atomic mass is 16.5. The number of benzene rings is 2. The number of ether oxygens (including phenoxy) is 2. The average molecular weight is 395 g/mol. The molecule has 0 aromatic heterocycles. The van der Waals surface area contributed by atoms with Crippen molar-refractivity contribution in [3.63, 3.8) is 0 Å². The van der Waals surface area contributed by atoms with Crippen LogP contribution in [0.5, 0.6) is 11.5 Å². The molecule has 2 aromatic carbocycles. The zero-order chi connectivity index (χ0) is 20.2. The topological polar surface area (TPSA) is 50.8 Å². The van der Waals surface area contributed by atoms with E-state index in [9.17, 15) is 4.79 Å². The molecule has 2 aromatic rings. The minimum Gasteiger partial charge on any atom is -0.493 e. The molecule has 0 unspecified atom stereocenters. The molecule has 1 saturated carbocycles. The molecule has 0 radical (unpaired) electrons. The molecule has 1 heterocycles. The van der Waals surface area contributed by atoms with Gasteiger partial charge in [0.05, 0.1) is 19.2 Å². The van der Waals surface area contributed by atoms with Gasteiger partial charge in [-0.05, 0) is 67.6 Å². The summed E-state index contributed by atoms with van der Waals surface area (Å²) < 4.78 is 12.0. The molecular formula is C24H30N2O3. The number of hydrogen-bond acceptors (Lipinski definition) is 4. The van der Waals surface area contributed by atoms with Crippen molar-refractivity contribution in [3.05, 3.63) is 54.1 Å². The van der Waals surface area contributed by atoms with Crippen molar-refractivity contribution in [3.8, 4) is 11.5 Å². The number of nitrogens with one attached hydrogen (secondary N) is 1. The molecule has 1 aliphatic carbocycles. The Hall–Kier alpha value is -2.69. The molecule has 0 bridgehead atoms. The lowest BCUT2D eigenvalue weighted by Crippen LogP contribution is -2.24. The maximum atomic E-state index is 11.2. The van der Waals surface area contributed by atoms with Crippen molar-refractivity contribution in [2.45, 2.75) is 45.3 Å². The van der Waals surface area contributed by atoms with Crippen LogP contribution in [0.1, 0.15) is 44.7 Å². The van der Waals surface area contributed by atoms with Crippen molar-refractivity contribution in [2.24, 2.45) is 5.92 Å². The lowest BCUT2D eigenvalue weighted by Gasteiger charge is -2.20. The van der Waals surface area contributed by atoms with Crippen LogP contribution in [0.3, 0.4) is 0 Å². The summed E-state index contributed by atoms with van der Waals surface area (Å²) in [6.07, 6.45) is 3.80. The third kappa shape index (κ3) is 5.43. The van der Waals surface area contributed by atoms with Crippen LogP contribution in [0.2, 0.25) is 0 Å². The molecule has 4 rings (SSSR count). The first-order valence-corrected chi connectivity index (χ1v) is 10.6. The second-order valence-corrected chi connectivity index (χ2v) is 8.21. The quantitative estimate of drug-likeness (QED) is 0.724. The highest BCUT2D eigenvalue weighted by molar-refractivity contribution is 5.73. The molecule has 5 heteroatoms. The average Bonchev–Trinajstić information content (AvgIpc) is 3.44. The van der Waals surface area contributed by atoms with Gasteiger partial charge in [0.1, 0.15) is 17.6 Å². The first kappa shape index (κ1) is 19.6. The maximum Gasteiger partial charge on any atom is 0.217 e. The molecule has 2 fully saturated rings. The van der Waals surface area contributed by atoms with Crippen LogP contribution < -0.4 is 19.7 Å². The molecule has 2 aliphatic rings. The Labute approximate surface area is 173 Å². The fourth-order valence-electron chi connectivity index (χ4n) is 3.73. The Morgan fingerprint density at radius 3 is 2.41 bits per heavy atom. The summed E-state index contributed by atoms with van der Waals surface area (Å²) >= 11 is 0. The van der Waals surface area contributed by atoms with Gasteiger partial charge in [-0.1, -0.05) is 12.1 Å². The van der Waals surface area contributed by atoms with Gasteiger partial charge in [0.2, 0.25) is 5.91 Å². The van der Waals surface area contributed by atoms with Gasteiger partial charge in [0.25, 0.3) is 0 Å². The molecule has 0 spiro atoms. The normalized spacial score (nSPS) is 19.7. The van der Waals surface area contributed by atoms with E-state index in [1.165, 1.54) is 25.5 Å². The molecule has 29 heavy (non-hydrogen) atoms. The largest absolute Gasteiger partial charge is 0.493 e. The third-order valence-corrected chi connectivity index (χ3v) is 5.63. The molecule has 2 atom stereocenters. The number of carbonyl (C=O) groups is 1. The molecule has 1 saturated heterocycles. The van der Waals surface area contributed by atoms with Crippen LogP contribution in [0, 0.1) is 5.92 Å². The number of anilines is 1. The highest BCUT2D eigenvalue weighted by Gasteiger charge is 2.25. The number of amides is 1. The van der Waals surface area contributed by atoms with E-state index >= 15 is 0 Å². The zero-order valence-electron chi connectivity index (χ0n) is 17.3. The minimum absolute atomic E-state index is 0.000233. The summed E-state index contributed by atoms with van der Waals surface area (Å²) in [5, 5.41) is 2.90. The van der Waals surface area contributed by atoms with E-state index in [1.54, 1.807) is 0 Å². The van der Waals surface area contributed by atoms with Gasteiger partial charge in [-0.2, -0.15) is 0 Å². The van der Waals surface area contributed by atoms with Gasteiger partial charge < -0.3 is 19.7 Å². The van der Waals surface area contributed by atoms with Crippen molar-refractivity contribution < 1.29 is 14.3 Å². The summed E-state index contributed by atoms with van der Waals surface area (Å²) in [6.45, 7) is 6.24. The third-order valence-electron chi connectivity index (χ3n) is 5.63. The van der Waals surface area contributed by atoms with E-state index in [4.69, 9.17) is 9.47 Å². The van der Waals surface area contributed by atoms with E-state index in [2.05, 4.69) is 34.5 Å². The van der Waals surface area contributed by atoms with Crippen LogP contribution in [0.4, 0.5) is 5.69 Å². The van der Waals surface area contributed by atoms with Crippen molar-refractivity contribution >= 4 is 11.6 Å². The summed E-state index contributed by atoms with van der Waals surface area (Å²) in [5.74, 6) is 2.58. The fourth-order valence-corrected chi connectivity index (χ4v) is 3.73. The molecule has 1 amide bonds. The lowest BCUT2D eigenvalue weighted by atomic mass is 10.1. The fraction of sp³-hybridized carbons (Fsp3) is 0.458. The Bertz CT molecular complexity index is 815. The van der Waals surface area contributed by atoms with Crippen LogP contribution >= 0.6 is 0 Å². The van der Waals surface area contributed by atoms with E-state index < -0.39 is 0 Å². The Kier molecular flexibility index (Phi) is 5.93. The highest BCUT2D eigenvalue weighted by Crippen LogP contribution is 2.30. The van der Waals surface area contributed by atoms with E-state index in [-0.39, 0.29) is 18.1 Å². The van der Waals surface area contributed by atoms with Gasteiger partial charge in [-0.3, -0.25) is 4.79 Å². The van der Waals surface area contributed by atoms with E-state index in [0.29, 0.717) is 0 Å². The predicted molar refractivity (Wildman–Crippen MR) is 115 cm³/mol. The van der Waals surface area contributed by atoms with Crippen LogP contribution in [0.25, 0.3) is 0 Å². The summed E-state index contributed by atoms with van der Waals surface area (Å²) in [7, 11) is 0. The SMILES string of the molecule is CC(=O)N[C@@H](C)c1ccc(O[C@H]2CCN(c3ccc(OCC4CC4)cc3)C2)cc1. The molecule has 1 aliphatic heterocycles.